The van der Waals surface area contributed by atoms with Gasteiger partial charge >= 0.3 is 6.01 Å². The van der Waals surface area contributed by atoms with Gasteiger partial charge in [-0.25, -0.2) is 4.39 Å². The minimum Gasteiger partial charge on any atom is -0.462 e. The Hall–Kier alpha value is -4.67. The first-order chi connectivity index (χ1) is 23.9. The maximum atomic E-state index is 16.7. The molecule has 4 atom stereocenters. The van der Waals surface area contributed by atoms with E-state index in [0.29, 0.717) is 64.0 Å². The van der Waals surface area contributed by atoms with Crippen LogP contribution in [0.25, 0.3) is 32.9 Å². The third kappa shape index (κ3) is 5.97. The summed E-state index contributed by atoms with van der Waals surface area (Å²) in [6.45, 7) is 2.57. The third-order valence-electron chi connectivity index (χ3n) is 10.4. The second kappa shape index (κ2) is 13.0. The van der Waals surface area contributed by atoms with Gasteiger partial charge in [0.15, 0.2) is 12.1 Å². The van der Waals surface area contributed by atoms with Crippen molar-refractivity contribution < 1.29 is 18.7 Å². The Morgan fingerprint density at radius 1 is 1.02 bits per heavy atom. The molecule has 250 valence electrons. The molecule has 0 spiro atoms. The van der Waals surface area contributed by atoms with Gasteiger partial charge in [0.1, 0.15) is 23.6 Å². The number of benzene rings is 3. The van der Waals surface area contributed by atoms with Gasteiger partial charge < -0.3 is 15.0 Å². The zero-order valence-corrected chi connectivity index (χ0v) is 27.9. The maximum absolute atomic E-state index is 16.7. The highest BCUT2D eigenvalue weighted by Gasteiger charge is 2.35. The first-order valence-electron chi connectivity index (χ1n) is 16.8. The van der Waals surface area contributed by atoms with Crippen LogP contribution >= 0.6 is 11.6 Å². The number of hydrogen-bond acceptors (Lipinski definition) is 8. The summed E-state index contributed by atoms with van der Waals surface area (Å²) in [5.41, 5.74) is 1.63. The molecule has 2 bridgehead atoms. The van der Waals surface area contributed by atoms with E-state index in [1.165, 1.54) is 19.3 Å². The number of anilines is 1. The molecule has 1 saturated carbocycles. The Kier molecular flexibility index (Phi) is 8.37. The van der Waals surface area contributed by atoms with Crippen LogP contribution in [0.2, 0.25) is 5.02 Å². The number of carbonyl (C=O) groups excluding carboxylic acids is 2. The van der Waals surface area contributed by atoms with E-state index in [4.69, 9.17) is 21.3 Å². The van der Waals surface area contributed by atoms with Gasteiger partial charge in [-0.15, -0.1) is 0 Å². The number of nitrogens with zero attached hydrogens (tertiary/aromatic N) is 5. The Morgan fingerprint density at radius 2 is 1.80 bits per heavy atom. The minimum absolute atomic E-state index is 0.0455. The molecule has 2 aliphatic heterocycles. The van der Waals surface area contributed by atoms with Crippen LogP contribution in [0.15, 0.2) is 66.9 Å². The van der Waals surface area contributed by atoms with Crippen molar-refractivity contribution >= 4 is 51.3 Å². The summed E-state index contributed by atoms with van der Waals surface area (Å²) in [6, 6.07) is 17.9. The molecular formula is C38H36ClFN6O3. The number of aldehydes is 1. The van der Waals surface area contributed by atoms with Crippen LogP contribution in [0, 0.1) is 17.7 Å². The number of nitrogens with one attached hydrogen (secondary N) is 1. The lowest BCUT2D eigenvalue weighted by Crippen LogP contribution is -2.37. The smallest absolute Gasteiger partial charge is 0.319 e. The predicted octanol–water partition coefficient (Wildman–Crippen LogP) is 6.57. The number of fused-ring (bicyclic) bond motifs is 4. The summed E-state index contributed by atoms with van der Waals surface area (Å²) in [7, 11) is 1.97. The summed E-state index contributed by atoms with van der Waals surface area (Å²) in [4.78, 5) is 43.0. The van der Waals surface area contributed by atoms with E-state index in [0.717, 1.165) is 23.9 Å². The minimum atomic E-state index is -0.547. The van der Waals surface area contributed by atoms with Crippen molar-refractivity contribution in [2.75, 3.05) is 38.2 Å². The zero-order chi connectivity index (χ0) is 33.6. The van der Waals surface area contributed by atoms with Crippen LogP contribution in [0.4, 0.5) is 10.2 Å². The highest BCUT2D eigenvalue weighted by atomic mass is 35.5. The van der Waals surface area contributed by atoms with Crippen molar-refractivity contribution in [1.29, 1.82) is 0 Å². The Morgan fingerprint density at radius 3 is 2.59 bits per heavy atom. The molecule has 49 heavy (non-hydrogen) atoms. The number of ether oxygens (including phenoxy) is 1. The van der Waals surface area contributed by atoms with Gasteiger partial charge in [0.25, 0.3) is 5.91 Å². The van der Waals surface area contributed by atoms with Gasteiger partial charge in [0, 0.05) is 65.0 Å². The molecule has 8 rings (SSSR count). The van der Waals surface area contributed by atoms with E-state index >= 15 is 4.39 Å². The van der Waals surface area contributed by atoms with E-state index in [9.17, 15) is 9.59 Å². The number of carbonyl (C=O) groups is 2. The van der Waals surface area contributed by atoms with Gasteiger partial charge in [-0.05, 0) is 62.1 Å². The van der Waals surface area contributed by atoms with Crippen LogP contribution in [-0.4, -0.2) is 77.4 Å². The fourth-order valence-electron chi connectivity index (χ4n) is 8.01. The molecule has 1 aliphatic carbocycles. The number of rotatable bonds is 8. The highest BCUT2D eigenvalue weighted by Crippen LogP contribution is 2.41. The normalized spacial score (nSPS) is 22.1. The third-order valence-corrected chi connectivity index (χ3v) is 10.7. The number of likely N-dealkylation sites (N-methyl/N-ethyl adjacent to an activating group) is 1. The van der Waals surface area contributed by atoms with E-state index in [-0.39, 0.29) is 41.8 Å². The lowest BCUT2D eigenvalue weighted by Gasteiger charge is -2.33. The van der Waals surface area contributed by atoms with Crippen molar-refractivity contribution in [1.82, 2.24) is 25.2 Å². The molecule has 3 aromatic carbocycles. The predicted molar refractivity (Wildman–Crippen MR) is 188 cm³/mol. The number of halogens is 2. The molecule has 4 heterocycles. The van der Waals surface area contributed by atoms with Crippen molar-refractivity contribution in [3.8, 4) is 17.3 Å². The standard InChI is InChI=1S/C38H36ClFN6O3/c1-45-19-26(42-37(48)28-9-3-2-6-25(28)20-47)15-27(45)21-49-38-43-35-30(36(44-38)46-17-22-12-13-23(14-22)18-46)16-41-34(33(35)40)29-10-4-7-24-8-5-11-31(39)32(24)29/h2-11,16,20,22-23,26-27H,12-15,17-19,21H2,1H3,(H,42,48)/t22?,23?,26-,27+/m1/s1. The Balaban J connectivity index is 1.10. The topological polar surface area (TPSA) is 101 Å². The number of hydrogen-bond donors (Lipinski definition) is 1. The molecule has 9 nitrogen and oxygen atoms in total. The lowest BCUT2D eigenvalue weighted by atomic mass is 9.98. The van der Waals surface area contributed by atoms with E-state index in [1.54, 1.807) is 36.5 Å². The number of piperidine rings is 1. The van der Waals surface area contributed by atoms with Crippen molar-refractivity contribution in [2.24, 2.45) is 11.8 Å². The largest absolute Gasteiger partial charge is 0.462 e. The monoisotopic (exact) mass is 678 g/mol. The molecule has 0 radical (unpaired) electrons. The highest BCUT2D eigenvalue weighted by molar-refractivity contribution is 6.36. The number of aromatic nitrogens is 3. The van der Waals surface area contributed by atoms with Crippen molar-refractivity contribution in [2.45, 2.75) is 37.8 Å². The quantitative estimate of drug-likeness (QED) is 0.184. The summed E-state index contributed by atoms with van der Waals surface area (Å²) in [6.07, 6.45) is 6.61. The molecule has 5 aromatic rings. The van der Waals surface area contributed by atoms with E-state index in [2.05, 4.69) is 25.1 Å². The van der Waals surface area contributed by atoms with E-state index < -0.39 is 5.82 Å². The Bertz CT molecular complexity index is 2080. The summed E-state index contributed by atoms with van der Waals surface area (Å²) in [5.74, 6) is 0.980. The van der Waals surface area contributed by atoms with Crippen molar-refractivity contribution in [3.05, 3.63) is 88.8 Å². The SMILES string of the molecule is CN1C[C@H](NC(=O)c2ccccc2C=O)C[C@H]1COc1nc(N2CC3CCC(C3)C2)c2cnc(-c3cccc4cccc(Cl)c34)c(F)c2n1. The van der Waals surface area contributed by atoms with E-state index in [1.807, 2.05) is 37.4 Å². The first kappa shape index (κ1) is 31.6. The molecule has 11 heteroatoms. The molecule has 2 saturated heterocycles. The van der Waals surface area contributed by atoms with Crippen LogP contribution in [0.3, 0.4) is 0 Å². The average molecular weight is 679 g/mol. The number of pyridine rings is 1. The van der Waals surface area contributed by atoms with Gasteiger partial charge in [-0.3, -0.25) is 19.5 Å². The molecule has 1 N–H and O–H groups in total. The van der Waals surface area contributed by atoms with Crippen LogP contribution in [-0.2, 0) is 0 Å². The average Bonchev–Trinajstić information content (AvgIpc) is 3.65. The lowest BCUT2D eigenvalue weighted by molar-refractivity contribution is 0.0933. The zero-order valence-electron chi connectivity index (χ0n) is 27.1. The van der Waals surface area contributed by atoms with Crippen molar-refractivity contribution in [3.63, 3.8) is 0 Å². The first-order valence-corrected chi connectivity index (χ1v) is 17.2. The molecule has 2 unspecified atom stereocenters. The van der Waals surface area contributed by atoms with Gasteiger partial charge in [-0.1, -0.05) is 60.1 Å². The number of amides is 1. The van der Waals surface area contributed by atoms with Gasteiger partial charge in [0.2, 0.25) is 0 Å². The summed E-state index contributed by atoms with van der Waals surface area (Å²) >= 11 is 6.62. The molecular weight excluding hydrogens is 643 g/mol. The fraction of sp³-hybridized carbons (Fsp3) is 0.342. The summed E-state index contributed by atoms with van der Waals surface area (Å²) in [5, 5.41) is 5.77. The fourth-order valence-corrected chi connectivity index (χ4v) is 8.29. The molecule has 3 aliphatic rings. The maximum Gasteiger partial charge on any atom is 0.319 e. The molecule has 3 fully saturated rings. The second-order valence-electron chi connectivity index (χ2n) is 13.6. The molecule has 2 aromatic heterocycles. The molecule has 1 amide bonds. The second-order valence-corrected chi connectivity index (χ2v) is 14.0. The van der Waals surface area contributed by atoms with Crippen LogP contribution in [0.5, 0.6) is 6.01 Å². The Labute approximate surface area is 288 Å². The van der Waals surface area contributed by atoms with Gasteiger partial charge in [0.05, 0.1) is 5.39 Å². The summed E-state index contributed by atoms with van der Waals surface area (Å²) < 4.78 is 23.0. The number of likely N-dealkylation sites (tertiary alicyclic amines) is 1. The van der Waals surface area contributed by atoms with Crippen LogP contribution < -0.4 is 15.0 Å². The van der Waals surface area contributed by atoms with Gasteiger partial charge in [-0.2, -0.15) is 9.97 Å². The van der Waals surface area contributed by atoms with Crippen LogP contribution in [0.1, 0.15) is 46.4 Å².